The number of hydrogen-bond acceptors (Lipinski definition) is 8. The molecule has 0 spiro atoms. The van der Waals surface area contributed by atoms with E-state index < -0.39 is 5.91 Å². The van der Waals surface area contributed by atoms with E-state index in [1.54, 1.807) is 6.20 Å². The molecule has 4 aromatic rings. The third-order valence-electron chi connectivity index (χ3n) is 5.02. The first-order chi connectivity index (χ1) is 14.6. The van der Waals surface area contributed by atoms with Crippen LogP contribution < -0.4 is 11.1 Å². The van der Waals surface area contributed by atoms with Gasteiger partial charge >= 0.3 is 0 Å². The largest absolute Gasteiger partial charge is 0.443 e. The van der Waals surface area contributed by atoms with E-state index in [9.17, 15) is 4.79 Å². The molecule has 1 amide bonds. The molecule has 5 heterocycles. The fraction of sp³-hybridized carbons (Fsp3) is 0.250. The Morgan fingerprint density at radius 3 is 2.90 bits per heavy atom. The standard InChI is InChI=1S/C20H19N7O3/c1-11-8-23-14-3-2-12(10-27(11)14)15-16(20-22-5-7-30-20)26-18(21)17(25-15)19(28)24-9-13-4-6-29-13/h2-3,5,7-8,10,13H,4,6,9H2,1H3,(H2,21,26)(H,24,28)/t13-/m1/s1. The van der Waals surface area contributed by atoms with E-state index in [0.717, 1.165) is 23.3 Å². The predicted octanol–water partition coefficient (Wildman–Crippen LogP) is 1.86. The zero-order valence-corrected chi connectivity index (χ0v) is 16.2. The summed E-state index contributed by atoms with van der Waals surface area (Å²) in [5, 5.41) is 2.81. The summed E-state index contributed by atoms with van der Waals surface area (Å²) in [6.07, 6.45) is 7.57. The van der Waals surface area contributed by atoms with Crippen molar-refractivity contribution in [3.8, 4) is 22.8 Å². The molecular formula is C20H19N7O3. The highest BCUT2D eigenvalue weighted by Gasteiger charge is 2.24. The third kappa shape index (κ3) is 3.16. The number of hydrogen-bond donors (Lipinski definition) is 2. The summed E-state index contributed by atoms with van der Waals surface area (Å²) in [4.78, 5) is 30.2. The number of nitrogen functional groups attached to an aromatic ring is 1. The van der Waals surface area contributed by atoms with E-state index in [-0.39, 0.29) is 23.5 Å². The second kappa shape index (κ2) is 7.23. The van der Waals surface area contributed by atoms with Gasteiger partial charge in [-0.25, -0.2) is 19.9 Å². The minimum absolute atomic E-state index is 0.00105. The Morgan fingerprint density at radius 2 is 2.17 bits per heavy atom. The summed E-state index contributed by atoms with van der Waals surface area (Å²) in [7, 11) is 0. The van der Waals surface area contributed by atoms with Gasteiger partial charge in [-0.3, -0.25) is 4.79 Å². The third-order valence-corrected chi connectivity index (χ3v) is 5.02. The molecule has 10 heteroatoms. The van der Waals surface area contributed by atoms with Crippen molar-refractivity contribution < 1.29 is 13.9 Å². The minimum atomic E-state index is -0.407. The van der Waals surface area contributed by atoms with Crippen LogP contribution in [0.1, 0.15) is 22.6 Å². The Kier molecular flexibility index (Phi) is 4.40. The van der Waals surface area contributed by atoms with Crippen molar-refractivity contribution in [3.05, 3.63) is 48.4 Å². The number of aromatic nitrogens is 5. The molecule has 1 aliphatic heterocycles. The predicted molar refractivity (Wildman–Crippen MR) is 108 cm³/mol. The van der Waals surface area contributed by atoms with Gasteiger partial charge in [0.05, 0.1) is 12.3 Å². The van der Waals surface area contributed by atoms with Crippen LogP contribution in [0.3, 0.4) is 0 Å². The molecule has 5 rings (SSSR count). The van der Waals surface area contributed by atoms with Gasteiger partial charge in [-0.2, -0.15) is 0 Å². The van der Waals surface area contributed by atoms with Gasteiger partial charge in [0.15, 0.2) is 17.2 Å². The average Bonchev–Trinajstić information content (AvgIpc) is 3.36. The van der Waals surface area contributed by atoms with Gasteiger partial charge in [-0.05, 0) is 25.5 Å². The van der Waals surface area contributed by atoms with E-state index in [4.69, 9.17) is 14.9 Å². The number of imidazole rings is 1. The van der Waals surface area contributed by atoms with Gasteiger partial charge in [0.2, 0.25) is 5.89 Å². The highest BCUT2D eigenvalue weighted by molar-refractivity contribution is 5.97. The van der Waals surface area contributed by atoms with Gasteiger partial charge < -0.3 is 24.6 Å². The van der Waals surface area contributed by atoms with Gasteiger partial charge in [0.1, 0.15) is 17.6 Å². The summed E-state index contributed by atoms with van der Waals surface area (Å²) in [6, 6.07) is 3.73. The van der Waals surface area contributed by atoms with Gasteiger partial charge in [-0.1, -0.05) is 0 Å². The topological polar surface area (TPSA) is 133 Å². The number of amides is 1. The maximum Gasteiger partial charge on any atom is 0.273 e. The van der Waals surface area contributed by atoms with Crippen LogP contribution in [-0.2, 0) is 4.74 Å². The van der Waals surface area contributed by atoms with Crippen molar-refractivity contribution >= 4 is 17.4 Å². The SMILES string of the molecule is Cc1cnc2ccc(-c3nc(C(=O)NC[C@H]4CCO4)c(N)nc3-c3ncco3)cn12. The van der Waals surface area contributed by atoms with Gasteiger partial charge in [0, 0.05) is 36.8 Å². The second-order valence-electron chi connectivity index (χ2n) is 7.03. The smallest absolute Gasteiger partial charge is 0.273 e. The Balaban J connectivity index is 1.60. The Hall–Kier alpha value is -3.79. The van der Waals surface area contributed by atoms with E-state index in [1.165, 1.54) is 12.5 Å². The molecule has 0 aliphatic carbocycles. The number of anilines is 1. The molecule has 4 aromatic heterocycles. The molecule has 1 fully saturated rings. The molecule has 1 saturated heterocycles. The lowest BCUT2D eigenvalue weighted by Gasteiger charge is -2.26. The number of carbonyl (C=O) groups excluding carboxylic acids is 1. The summed E-state index contributed by atoms with van der Waals surface area (Å²) in [5.74, 6) is -0.143. The lowest BCUT2D eigenvalue weighted by molar-refractivity contribution is -0.0473. The maximum absolute atomic E-state index is 12.7. The molecule has 0 bridgehead atoms. The van der Waals surface area contributed by atoms with Crippen molar-refractivity contribution in [2.24, 2.45) is 0 Å². The van der Waals surface area contributed by atoms with Crippen molar-refractivity contribution in [1.82, 2.24) is 29.7 Å². The zero-order valence-electron chi connectivity index (χ0n) is 16.2. The molecular weight excluding hydrogens is 386 g/mol. The minimum Gasteiger partial charge on any atom is -0.443 e. The molecule has 1 atom stereocenters. The molecule has 0 radical (unpaired) electrons. The molecule has 10 nitrogen and oxygen atoms in total. The summed E-state index contributed by atoms with van der Waals surface area (Å²) in [5.41, 5.74) is 9.40. The summed E-state index contributed by atoms with van der Waals surface area (Å²) in [6.45, 7) is 3.07. The molecule has 3 N–H and O–H groups in total. The number of ether oxygens (including phenoxy) is 1. The van der Waals surface area contributed by atoms with Crippen molar-refractivity contribution in [1.29, 1.82) is 0 Å². The first-order valence-corrected chi connectivity index (χ1v) is 9.51. The number of aryl methyl sites for hydroxylation is 1. The van der Waals surface area contributed by atoms with Crippen molar-refractivity contribution in [2.75, 3.05) is 18.9 Å². The van der Waals surface area contributed by atoms with Crippen LogP contribution in [0.25, 0.3) is 28.5 Å². The number of oxazole rings is 1. The van der Waals surface area contributed by atoms with E-state index in [1.807, 2.05) is 29.7 Å². The number of nitrogens with one attached hydrogen (secondary N) is 1. The van der Waals surface area contributed by atoms with E-state index in [0.29, 0.717) is 24.5 Å². The van der Waals surface area contributed by atoms with Crippen LogP contribution in [0.15, 0.2) is 41.4 Å². The highest BCUT2D eigenvalue weighted by Crippen LogP contribution is 2.30. The second-order valence-corrected chi connectivity index (χ2v) is 7.03. The summed E-state index contributed by atoms with van der Waals surface area (Å²) >= 11 is 0. The first-order valence-electron chi connectivity index (χ1n) is 9.51. The maximum atomic E-state index is 12.7. The van der Waals surface area contributed by atoms with Crippen LogP contribution >= 0.6 is 0 Å². The lowest BCUT2D eigenvalue weighted by atomic mass is 10.1. The van der Waals surface area contributed by atoms with Crippen LogP contribution in [0, 0.1) is 6.92 Å². The van der Waals surface area contributed by atoms with Crippen LogP contribution in [0.2, 0.25) is 0 Å². The number of pyridine rings is 1. The Labute approximate surface area is 171 Å². The number of fused-ring (bicyclic) bond motifs is 1. The normalized spacial score (nSPS) is 15.8. The first kappa shape index (κ1) is 18.3. The highest BCUT2D eigenvalue weighted by atomic mass is 16.5. The van der Waals surface area contributed by atoms with Crippen LogP contribution in [0.5, 0.6) is 0 Å². The van der Waals surface area contributed by atoms with E-state index in [2.05, 4.69) is 25.3 Å². The molecule has 1 aliphatic rings. The fourth-order valence-corrected chi connectivity index (χ4v) is 3.28. The van der Waals surface area contributed by atoms with Crippen molar-refractivity contribution in [3.63, 3.8) is 0 Å². The molecule has 0 unspecified atom stereocenters. The quantitative estimate of drug-likeness (QED) is 0.514. The lowest BCUT2D eigenvalue weighted by Crippen LogP contribution is -2.40. The van der Waals surface area contributed by atoms with Crippen LogP contribution in [-0.4, -0.2) is 49.5 Å². The van der Waals surface area contributed by atoms with E-state index >= 15 is 0 Å². The molecule has 0 aromatic carbocycles. The Morgan fingerprint density at radius 1 is 1.30 bits per heavy atom. The Bertz CT molecular complexity index is 1230. The fourth-order valence-electron chi connectivity index (χ4n) is 3.28. The monoisotopic (exact) mass is 405 g/mol. The number of nitrogens with zero attached hydrogens (tertiary/aromatic N) is 5. The number of rotatable bonds is 5. The average molecular weight is 405 g/mol. The van der Waals surface area contributed by atoms with Gasteiger partial charge in [-0.15, -0.1) is 0 Å². The molecule has 30 heavy (non-hydrogen) atoms. The zero-order chi connectivity index (χ0) is 20.7. The molecule has 152 valence electrons. The van der Waals surface area contributed by atoms with Crippen LogP contribution in [0.4, 0.5) is 5.82 Å². The summed E-state index contributed by atoms with van der Waals surface area (Å²) < 4.78 is 12.7. The van der Waals surface area contributed by atoms with Crippen molar-refractivity contribution in [2.45, 2.75) is 19.4 Å². The van der Waals surface area contributed by atoms with Gasteiger partial charge in [0.25, 0.3) is 5.91 Å². The number of nitrogens with two attached hydrogens (primary N) is 1. The number of carbonyl (C=O) groups is 1. The molecule has 0 saturated carbocycles.